The van der Waals surface area contributed by atoms with Gasteiger partial charge in [0.15, 0.2) is 9.84 Å². The van der Waals surface area contributed by atoms with Crippen molar-refractivity contribution in [2.75, 3.05) is 25.9 Å². The quantitative estimate of drug-likeness (QED) is 0.918. The number of likely N-dealkylation sites (tertiary alicyclic amines) is 1. The van der Waals surface area contributed by atoms with Crippen LogP contribution in [0, 0.1) is 0 Å². The normalized spacial score (nSPS) is 24.8. The maximum atomic E-state index is 11.6. The molecule has 0 aliphatic carbocycles. The largest absolute Gasteiger partial charge is 0.391 e. The average molecular weight is 297 g/mol. The molecular formula is C15H23NO3S. The zero-order valence-electron chi connectivity index (χ0n) is 12.1. The Kier molecular flexibility index (Phi) is 4.83. The molecule has 2 rings (SSSR count). The van der Waals surface area contributed by atoms with Gasteiger partial charge >= 0.3 is 0 Å². The molecule has 1 unspecified atom stereocenters. The summed E-state index contributed by atoms with van der Waals surface area (Å²) in [6.45, 7) is 4.77. The van der Waals surface area contributed by atoms with Crippen molar-refractivity contribution in [3.05, 3.63) is 29.8 Å². The molecule has 0 spiro atoms. The first-order valence-electron chi connectivity index (χ1n) is 7.12. The lowest BCUT2D eigenvalue weighted by Gasteiger charge is -2.36. The Morgan fingerprint density at radius 3 is 2.75 bits per heavy atom. The topological polar surface area (TPSA) is 57.6 Å². The van der Waals surface area contributed by atoms with E-state index in [9.17, 15) is 13.5 Å². The van der Waals surface area contributed by atoms with Crippen molar-refractivity contribution in [1.29, 1.82) is 0 Å². The number of aliphatic hydroxyl groups excluding tert-OH is 1. The second-order valence-electron chi connectivity index (χ2n) is 5.61. The smallest absolute Gasteiger partial charge is 0.175 e. The lowest BCUT2D eigenvalue weighted by molar-refractivity contribution is 0.0514. The van der Waals surface area contributed by atoms with E-state index < -0.39 is 15.9 Å². The number of hydrogen-bond donors (Lipinski definition) is 1. The molecule has 1 heterocycles. The summed E-state index contributed by atoms with van der Waals surface area (Å²) < 4.78 is 23.2. The predicted molar refractivity (Wildman–Crippen MR) is 79.6 cm³/mol. The zero-order chi connectivity index (χ0) is 14.8. The molecule has 0 radical (unpaired) electrons. The highest BCUT2D eigenvalue weighted by Gasteiger charge is 2.28. The van der Waals surface area contributed by atoms with E-state index in [0.29, 0.717) is 11.4 Å². The molecule has 1 aromatic rings. The Hall–Kier alpha value is -0.910. The molecule has 0 amide bonds. The molecule has 1 aromatic carbocycles. The number of rotatable bonds is 4. The van der Waals surface area contributed by atoms with Gasteiger partial charge in [0.05, 0.1) is 11.0 Å². The number of nitrogens with zero attached hydrogens (tertiary/aromatic N) is 1. The van der Waals surface area contributed by atoms with E-state index in [-0.39, 0.29) is 5.92 Å². The number of hydrogen-bond acceptors (Lipinski definition) is 4. The molecule has 5 heteroatoms. The van der Waals surface area contributed by atoms with Gasteiger partial charge in [-0.1, -0.05) is 19.1 Å². The van der Waals surface area contributed by atoms with E-state index in [1.807, 2.05) is 6.07 Å². The van der Waals surface area contributed by atoms with Gasteiger partial charge in [-0.05, 0) is 43.6 Å². The van der Waals surface area contributed by atoms with Crippen molar-refractivity contribution in [2.45, 2.75) is 36.7 Å². The summed E-state index contributed by atoms with van der Waals surface area (Å²) in [6, 6.07) is 6.99. The minimum Gasteiger partial charge on any atom is -0.391 e. The number of aliphatic hydroxyl groups is 1. The van der Waals surface area contributed by atoms with E-state index in [0.717, 1.165) is 31.5 Å². The highest BCUT2D eigenvalue weighted by molar-refractivity contribution is 7.90. The number of benzene rings is 1. The Bertz CT molecular complexity index is 556. The molecule has 1 aliphatic rings. The lowest BCUT2D eigenvalue weighted by Crippen LogP contribution is -2.43. The Morgan fingerprint density at radius 2 is 2.15 bits per heavy atom. The number of piperidine rings is 1. The van der Waals surface area contributed by atoms with Crippen LogP contribution in [0.1, 0.15) is 31.2 Å². The molecule has 1 fully saturated rings. The molecule has 4 nitrogen and oxygen atoms in total. The Morgan fingerprint density at radius 1 is 1.40 bits per heavy atom. The monoisotopic (exact) mass is 297 g/mol. The first-order chi connectivity index (χ1) is 9.41. The fourth-order valence-corrected chi connectivity index (χ4v) is 3.56. The third-order valence-corrected chi connectivity index (χ3v) is 5.03. The van der Waals surface area contributed by atoms with Crippen molar-refractivity contribution in [2.24, 2.45) is 0 Å². The molecule has 1 saturated heterocycles. The van der Waals surface area contributed by atoms with E-state index in [2.05, 4.69) is 11.8 Å². The standard InChI is InChI=1S/C15H23NO3S/c1-3-8-16-9-7-14(15(17)11-16)12-5-4-6-13(10-12)20(2,18)19/h4-6,10,14-15,17H,3,7-9,11H2,1-2H3/t14-,15?/m0/s1. The molecule has 2 atom stereocenters. The van der Waals surface area contributed by atoms with E-state index in [1.165, 1.54) is 6.26 Å². The summed E-state index contributed by atoms with van der Waals surface area (Å²) in [5.74, 6) is 0.0322. The summed E-state index contributed by atoms with van der Waals surface area (Å²) in [6.07, 6.45) is 2.74. The van der Waals surface area contributed by atoms with E-state index in [1.54, 1.807) is 18.2 Å². The SMILES string of the molecule is CCCN1CC[C@@H](c2cccc(S(C)(=O)=O)c2)C(O)C1. The highest BCUT2D eigenvalue weighted by atomic mass is 32.2. The van der Waals surface area contributed by atoms with Crippen LogP contribution in [0.4, 0.5) is 0 Å². The van der Waals surface area contributed by atoms with Crippen LogP contribution < -0.4 is 0 Å². The summed E-state index contributed by atoms with van der Waals surface area (Å²) >= 11 is 0. The van der Waals surface area contributed by atoms with Crippen LogP contribution in [-0.4, -0.2) is 50.4 Å². The Balaban J connectivity index is 2.17. The summed E-state index contributed by atoms with van der Waals surface area (Å²) in [7, 11) is -3.19. The summed E-state index contributed by atoms with van der Waals surface area (Å²) in [5, 5.41) is 10.3. The van der Waals surface area contributed by atoms with Crippen LogP contribution in [0.5, 0.6) is 0 Å². The minimum absolute atomic E-state index is 0.0322. The van der Waals surface area contributed by atoms with Gasteiger partial charge in [0.1, 0.15) is 0 Å². The summed E-state index contributed by atoms with van der Waals surface area (Å²) in [4.78, 5) is 2.60. The average Bonchev–Trinajstić information content (AvgIpc) is 2.38. The fourth-order valence-electron chi connectivity index (χ4n) is 2.88. The van der Waals surface area contributed by atoms with Crippen molar-refractivity contribution in [3.63, 3.8) is 0 Å². The minimum atomic E-state index is -3.19. The maximum Gasteiger partial charge on any atom is 0.175 e. The summed E-state index contributed by atoms with van der Waals surface area (Å²) in [5.41, 5.74) is 0.927. The van der Waals surface area contributed by atoms with Crippen LogP contribution >= 0.6 is 0 Å². The molecule has 20 heavy (non-hydrogen) atoms. The van der Waals surface area contributed by atoms with Gasteiger partial charge in [-0.15, -0.1) is 0 Å². The molecule has 1 aliphatic heterocycles. The molecule has 1 N–H and O–H groups in total. The van der Waals surface area contributed by atoms with Gasteiger partial charge < -0.3 is 10.0 Å². The van der Waals surface area contributed by atoms with Crippen LogP contribution in [-0.2, 0) is 9.84 Å². The van der Waals surface area contributed by atoms with Gasteiger partial charge in [0, 0.05) is 18.7 Å². The van der Waals surface area contributed by atoms with Crippen LogP contribution in [0.15, 0.2) is 29.2 Å². The van der Waals surface area contributed by atoms with Crippen molar-refractivity contribution in [3.8, 4) is 0 Å². The van der Waals surface area contributed by atoms with Crippen LogP contribution in [0.2, 0.25) is 0 Å². The second-order valence-corrected chi connectivity index (χ2v) is 7.62. The van der Waals surface area contributed by atoms with Crippen molar-refractivity contribution < 1.29 is 13.5 Å². The third-order valence-electron chi connectivity index (χ3n) is 3.92. The molecular weight excluding hydrogens is 274 g/mol. The molecule has 112 valence electrons. The predicted octanol–water partition coefficient (Wildman–Crippen LogP) is 1.65. The lowest BCUT2D eigenvalue weighted by atomic mass is 9.87. The molecule has 0 bridgehead atoms. The third kappa shape index (κ3) is 3.59. The molecule has 0 saturated carbocycles. The van der Waals surface area contributed by atoms with Crippen molar-refractivity contribution >= 4 is 9.84 Å². The van der Waals surface area contributed by atoms with Crippen LogP contribution in [0.3, 0.4) is 0 Å². The van der Waals surface area contributed by atoms with Crippen LogP contribution in [0.25, 0.3) is 0 Å². The highest BCUT2D eigenvalue weighted by Crippen LogP contribution is 2.29. The molecule has 0 aromatic heterocycles. The Labute approximate surface area is 121 Å². The first-order valence-corrected chi connectivity index (χ1v) is 9.01. The number of sulfone groups is 1. The van der Waals surface area contributed by atoms with Gasteiger partial charge in [0.2, 0.25) is 0 Å². The van der Waals surface area contributed by atoms with E-state index >= 15 is 0 Å². The van der Waals surface area contributed by atoms with Gasteiger partial charge in [-0.3, -0.25) is 0 Å². The number of β-amino-alcohol motifs (C(OH)–C–C–N with tert-alkyl or cyclic N) is 1. The van der Waals surface area contributed by atoms with Gasteiger partial charge in [0.25, 0.3) is 0 Å². The zero-order valence-corrected chi connectivity index (χ0v) is 12.9. The fraction of sp³-hybridized carbons (Fsp3) is 0.600. The van der Waals surface area contributed by atoms with Crippen molar-refractivity contribution in [1.82, 2.24) is 4.90 Å². The van der Waals surface area contributed by atoms with Gasteiger partial charge in [-0.2, -0.15) is 0 Å². The second kappa shape index (κ2) is 6.24. The van der Waals surface area contributed by atoms with E-state index in [4.69, 9.17) is 0 Å². The van der Waals surface area contributed by atoms with Gasteiger partial charge in [-0.25, -0.2) is 8.42 Å². The maximum absolute atomic E-state index is 11.6. The first kappa shape index (κ1) is 15.5.